The van der Waals surface area contributed by atoms with Crippen LogP contribution >= 0.6 is 11.6 Å². The third-order valence-electron chi connectivity index (χ3n) is 2.64. The Morgan fingerprint density at radius 2 is 2.20 bits per heavy atom. The highest BCUT2D eigenvalue weighted by Gasteiger charge is 2.05. The molecule has 0 saturated heterocycles. The maximum absolute atomic E-state index is 5.89. The highest BCUT2D eigenvalue weighted by atomic mass is 35.5. The summed E-state index contributed by atoms with van der Waals surface area (Å²) in [7, 11) is 0. The zero-order valence-electron chi connectivity index (χ0n) is 11.7. The molecule has 1 aromatic carbocycles. The molecule has 1 heterocycles. The first-order chi connectivity index (χ1) is 9.63. The van der Waals surface area contributed by atoms with E-state index in [1.54, 1.807) is 12.1 Å². The molecule has 2 aromatic rings. The number of nitrogens with zero attached hydrogens (tertiary/aromatic N) is 1. The van der Waals surface area contributed by atoms with Gasteiger partial charge in [-0.25, -0.2) is 0 Å². The molecule has 5 heteroatoms. The first kappa shape index (κ1) is 14.9. The molecule has 0 aliphatic carbocycles. The van der Waals surface area contributed by atoms with Gasteiger partial charge < -0.3 is 14.6 Å². The fourth-order valence-electron chi connectivity index (χ4n) is 1.71. The lowest BCUT2D eigenvalue weighted by Gasteiger charge is -2.04. The van der Waals surface area contributed by atoms with Crippen LogP contribution in [0, 0.1) is 5.92 Å². The van der Waals surface area contributed by atoms with Gasteiger partial charge in [0.15, 0.2) is 5.76 Å². The zero-order valence-corrected chi connectivity index (χ0v) is 12.5. The van der Waals surface area contributed by atoms with E-state index in [-0.39, 0.29) is 0 Å². The summed E-state index contributed by atoms with van der Waals surface area (Å²) in [5.74, 6) is 2.03. The summed E-state index contributed by atoms with van der Waals surface area (Å²) in [5.41, 5.74) is 0.885. The Labute approximate surface area is 124 Å². The van der Waals surface area contributed by atoms with E-state index < -0.39 is 0 Å². The number of benzene rings is 1. The van der Waals surface area contributed by atoms with E-state index in [0.717, 1.165) is 12.2 Å². The lowest BCUT2D eigenvalue weighted by atomic mass is 10.2. The van der Waals surface area contributed by atoms with E-state index in [0.29, 0.717) is 35.6 Å². The van der Waals surface area contributed by atoms with Crippen LogP contribution in [0.2, 0.25) is 5.02 Å². The molecule has 20 heavy (non-hydrogen) atoms. The van der Waals surface area contributed by atoms with Crippen molar-refractivity contribution in [3.05, 3.63) is 46.8 Å². The summed E-state index contributed by atoms with van der Waals surface area (Å²) in [5, 5.41) is 7.97. The first-order valence-corrected chi connectivity index (χ1v) is 7.05. The summed E-state index contributed by atoms with van der Waals surface area (Å²) in [6.45, 7) is 6.34. The molecule has 4 nitrogen and oxygen atoms in total. The van der Waals surface area contributed by atoms with Crippen molar-refractivity contribution in [2.24, 2.45) is 5.92 Å². The number of hydrogen-bond donors (Lipinski definition) is 1. The maximum atomic E-state index is 5.89. The second-order valence-electron chi connectivity index (χ2n) is 5.06. The van der Waals surface area contributed by atoms with E-state index in [1.807, 2.05) is 18.2 Å². The van der Waals surface area contributed by atoms with Gasteiger partial charge in [0.25, 0.3) is 0 Å². The Hall–Kier alpha value is -1.52. The van der Waals surface area contributed by atoms with Gasteiger partial charge in [-0.15, -0.1) is 0 Å². The molecular formula is C15H19ClN2O2. The number of rotatable bonds is 7. The van der Waals surface area contributed by atoms with Crippen LogP contribution in [-0.4, -0.2) is 11.7 Å². The summed E-state index contributed by atoms with van der Waals surface area (Å²) >= 11 is 5.89. The van der Waals surface area contributed by atoms with Crippen molar-refractivity contribution in [1.82, 2.24) is 10.5 Å². The Morgan fingerprint density at radius 3 is 2.95 bits per heavy atom. The van der Waals surface area contributed by atoms with Gasteiger partial charge in [0, 0.05) is 17.6 Å². The quantitative estimate of drug-likeness (QED) is 0.847. The SMILES string of the molecule is CC(C)CNCc1cc(COc2cccc(Cl)c2)on1. The van der Waals surface area contributed by atoms with E-state index in [2.05, 4.69) is 24.3 Å². The van der Waals surface area contributed by atoms with Gasteiger partial charge in [-0.2, -0.15) is 0 Å². The number of nitrogens with one attached hydrogen (secondary N) is 1. The highest BCUT2D eigenvalue weighted by molar-refractivity contribution is 6.30. The Bertz CT molecular complexity index is 540. The molecule has 2 rings (SSSR count). The van der Waals surface area contributed by atoms with Gasteiger partial charge >= 0.3 is 0 Å². The Morgan fingerprint density at radius 1 is 1.35 bits per heavy atom. The largest absolute Gasteiger partial charge is 0.485 e. The fourth-order valence-corrected chi connectivity index (χ4v) is 1.89. The van der Waals surface area contributed by atoms with Crippen LogP contribution < -0.4 is 10.1 Å². The van der Waals surface area contributed by atoms with E-state index >= 15 is 0 Å². The van der Waals surface area contributed by atoms with Gasteiger partial charge in [0.2, 0.25) is 0 Å². The third-order valence-corrected chi connectivity index (χ3v) is 2.88. The summed E-state index contributed by atoms with van der Waals surface area (Å²) < 4.78 is 10.8. The van der Waals surface area contributed by atoms with Crippen molar-refractivity contribution < 1.29 is 9.26 Å². The molecule has 0 spiro atoms. The van der Waals surface area contributed by atoms with Crippen molar-refractivity contribution in [1.29, 1.82) is 0 Å². The van der Waals surface area contributed by atoms with Crippen molar-refractivity contribution >= 4 is 11.6 Å². The van der Waals surface area contributed by atoms with Crippen molar-refractivity contribution in [2.75, 3.05) is 6.54 Å². The smallest absolute Gasteiger partial charge is 0.174 e. The number of aromatic nitrogens is 1. The molecule has 0 radical (unpaired) electrons. The third kappa shape index (κ3) is 4.87. The molecule has 0 aliphatic heterocycles. The maximum Gasteiger partial charge on any atom is 0.174 e. The zero-order chi connectivity index (χ0) is 14.4. The van der Waals surface area contributed by atoms with Crippen molar-refractivity contribution in [3.8, 4) is 5.75 Å². The summed E-state index contributed by atoms with van der Waals surface area (Å²) in [6.07, 6.45) is 0. The molecule has 1 N–H and O–H groups in total. The Kier molecular flexibility index (Phi) is 5.44. The van der Waals surface area contributed by atoms with Crippen LogP contribution in [0.4, 0.5) is 0 Å². The molecular weight excluding hydrogens is 276 g/mol. The minimum absolute atomic E-state index is 0.345. The summed E-state index contributed by atoms with van der Waals surface area (Å²) in [4.78, 5) is 0. The standard InChI is InChI=1S/C15H19ClN2O2/c1-11(2)8-17-9-13-7-15(20-18-13)10-19-14-5-3-4-12(16)6-14/h3-7,11,17H,8-10H2,1-2H3. The second kappa shape index (κ2) is 7.31. The lowest BCUT2D eigenvalue weighted by Crippen LogP contribution is -2.19. The van der Waals surface area contributed by atoms with Crippen LogP contribution in [-0.2, 0) is 13.2 Å². The molecule has 0 bridgehead atoms. The first-order valence-electron chi connectivity index (χ1n) is 6.67. The van der Waals surface area contributed by atoms with Crippen LogP contribution in [0.5, 0.6) is 5.75 Å². The molecule has 0 unspecified atom stereocenters. The minimum Gasteiger partial charge on any atom is -0.485 e. The van der Waals surface area contributed by atoms with E-state index in [1.165, 1.54) is 0 Å². The van der Waals surface area contributed by atoms with Gasteiger partial charge in [0.05, 0.1) is 5.69 Å². The predicted molar refractivity (Wildman–Crippen MR) is 78.8 cm³/mol. The second-order valence-corrected chi connectivity index (χ2v) is 5.49. The normalized spacial score (nSPS) is 11.0. The molecule has 0 atom stereocenters. The van der Waals surface area contributed by atoms with Crippen molar-refractivity contribution in [2.45, 2.75) is 27.0 Å². The number of halogens is 1. The molecule has 108 valence electrons. The molecule has 0 aliphatic rings. The predicted octanol–water partition coefficient (Wildman–Crippen LogP) is 3.65. The van der Waals surface area contributed by atoms with Crippen molar-refractivity contribution in [3.63, 3.8) is 0 Å². The Balaban J connectivity index is 1.80. The number of hydrogen-bond acceptors (Lipinski definition) is 4. The summed E-state index contributed by atoms with van der Waals surface area (Å²) in [6, 6.07) is 9.18. The van der Waals surface area contributed by atoms with Gasteiger partial charge in [-0.3, -0.25) is 0 Å². The lowest BCUT2D eigenvalue weighted by molar-refractivity contribution is 0.248. The average molecular weight is 295 g/mol. The van der Waals surface area contributed by atoms with Gasteiger partial charge in [-0.05, 0) is 30.7 Å². The van der Waals surface area contributed by atoms with E-state index in [9.17, 15) is 0 Å². The molecule has 0 saturated carbocycles. The molecule has 0 amide bonds. The van der Waals surface area contributed by atoms with Gasteiger partial charge in [-0.1, -0.05) is 36.7 Å². The molecule has 1 aromatic heterocycles. The van der Waals surface area contributed by atoms with Crippen LogP contribution in [0.15, 0.2) is 34.9 Å². The van der Waals surface area contributed by atoms with Gasteiger partial charge in [0.1, 0.15) is 12.4 Å². The fraction of sp³-hybridized carbons (Fsp3) is 0.400. The van der Waals surface area contributed by atoms with Crippen LogP contribution in [0.25, 0.3) is 0 Å². The topological polar surface area (TPSA) is 47.3 Å². The average Bonchev–Trinajstić information content (AvgIpc) is 2.84. The van der Waals surface area contributed by atoms with Crippen LogP contribution in [0.1, 0.15) is 25.3 Å². The molecule has 0 fully saturated rings. The van der Waals surface area contributed by atoms with E-state index in [4.69, 9.17) is 20.9 Å². The minimum atomic E-state index is 0.345. The highest BCUT2D eigenvalue weighted by Crippen LogP contribution is 2.18. The number of ether oxygens (including phenoxy) is 1. The van der Waals surface area contributed by atoms with Crippen LogP contribution in [0.3, 0.4) is 0 Å². The monoisotopic (exact) mass is 294 g/mol.